The molecule has 0 aliphatic heterocycles. The number of hydrogen-bond donors (Lipinski definition) is 3. The lowest BCUT2D eigenvalue weighted by Gasteiger charge is -2.07. The van der Waals surface area contributed by atoms with Gasteiger partial charge in [0.1, 0.15) is 0 Å². The number of nitrogens with one attached hydrogen (secondary N) is 3. The minimum atomic E-state index is 0.0431. The molecule has 21 heavy (non-hydrogen) atoms. The first-order valence-corrected chi connectivity index (χ1v) is 7.79. The zero-order chi connectivity index (χ0) is 15.1. The fraction of sp³-hybridized carbons (Fsp3) is 0.333. The highest BCUT2D eigenvalue weighted by Gasteiger charge is 2.03. The van der Waals surface area contributed by atoms with Crippen molar-refractivity contribution in [3.8, 4) is 0 Å². The van der Waals surface area contributed by atoms with Crippen LogP contribution in [0.3, 0.4) is 0 Å². The number of amides is 1. The van der Waals surface area contributed by atoms with Crippen molar-refractivity contribution in [2.75, 3.05) is 24.2 Å². The van der Waals surface area contributed by atoms with Crippen LogP contribution in [0.5, 0.6) is 0 Å². The Morgan fingerprint density at radius 3 is 2.57 bits per heavy atom. The first kappa shape index (κ1) is 15.5. The van der Waals surface area contributed by atoms with Gasteiger partial charge in [-0.3, -0.25) is 4.79 Å². The van der Waals surface area contributed by atoms with Gasteiger partial charge in [0.2, 0.25) is 5.91 Å². The maximum Gasteiger partial charge on any atom is 0.224 e. The molecule has 0 saturated carbocycles. The fourth-order valence-corrected chi connectivity index (χ4v) is 2.53. The van der Waals surface area contributed by atoms with Crippen molar-refractivity contribution in [2.45, 2.75) is 19.8 Å². The van der Waals surface area contributed by atoms with Gasteiger partial charge in [0.15, 0.2) is 5.13 Å². The second kappa shape index (κ2) is 7.75. The number of aromatic nitrogens is 1. The lowest BCUT2D eigenvalue weighted by Crippen LogP contribution is -2.15. The van der Waals surface area contributed by atoms with E-state index in [1.54, 1.807) is 11.3 Å². The summed E-state index contributed by atoms with van der Waals surface area (Å²) in [5.74, 6) is 0.0431. The Labute approximate surface area is 128 Å². The van der Waals surface area contributed by atoms with Crippen molar-refractivity contribution in [3.05, 3.63) is 35.3 Å². The summed E-state index contributed by atoms with van der Waals surface area (Å²) in [5, 5.41) is 12.0. The normalized spacial score (nSPS) is 10.4. The first-order chi connectivity index (χ1) is 10.2. The minimum Gasteiger partial charge on any atom is -0.332 e. The topological polar surface area (TPSA) is 66.1 Å². The van der Waals surface area contributed by atoms with Crippen LogP contribution in [0.2, 0.25) is 0 Å². The van der Waals surface area contributed by atoms with E-state index in [0.29, 0.717) is 6.42 Å². The van der Waals surface area contributed by atoms with Crippen LogP contribution in [-0.4, -0.2) is 24.5 Å². The Hall–Kier alpha value is -1.92. The van der Waals surface area contributed by atoms with Crippen LogP contribution in [0.4, 0.5) is 16.5 Å². The molecule has 5 nitrogen and oxygen atoms in total. The van der Waals surface area contributed by atoms with E-state index in [0.717, 1.165) is 35.2 Å². The van der Waals surface area contributed by atoms with Crippen LogP contribution in [0, 0.1) is 6.92 Å². The molecule has 112 valence electrons. The Balaban J connectivity index is 1.85. The van der Waals surface area contributed by atoms with Gasteiger partial charge < -0.3 is 16.0 Å². The highest BCUT2D eigenvalue weighted by molar-refractivity contribution is 7.13. The van der Waals surface area contributed by atoms with Crippen molar-refractivity contribution in [1.82, 2.24) is 10.3 Å². The Bertz CT molecular complexity index is 580. The third-order valence-electron chi connectivity index (χ3n) is 2.87. The molecule has 0 spiro atoms. The predicted octanol–water partition coefficient (Wildman–Crippen LogP) is 3.13. The average Bonchev–Trinajstić information content (AvgIpc) is 2.87. The standard InChI is InChI=1S/C15H20N4OS/c1-11-10-21-15(17-11)19-13-7-5-12(6-8-13)18-14(20)4-3-9-16-2/h5-8,10,16H,3-4,9H2,1-2H3,(H,17,19)(H,18,20). The zero-order valence-corrected chi connectivity index (χ0v) is 13.1. The van der Waals surface area contributed by atoms with Crippen LogP contribution >= 0.6 is 11.3 Å². The number of nitrogens with zero attached hydrogens (tertiary/aromatic N) is 1. The molecule has 1 aromatic heterocycles. The fourth-order valence-electron chi connectivity index (χ4n) is 1.82. The van der Waals surface area contributed by atoms with Crippen molar-refractivity contribution in [3.63, 3.8) is 0 Å². The molecule has 0 fully saturated rings. The number of hydrogen-bond acceptors (Lipinski definition) is 5. The van der Waals surface area contributed by atoms with Crippen molar-refractivity contribution in [2.24, 2.45) is 0 Å². The molecule has 2 rings (SSSR count). The van der Waals surface area contributed by atoms with E-state index in [4.69, 9.17) is 0 Å². The predicted molar refractivity (Wildman–Crippen MR) is 88.4 cm³/mol. The smallest absolute Gasteiger partial charge is 0.224 e. The maximum atomic E-state index is 11.7. The van der Waals surface area contributed by atoms with E-state index in [2.05, 4.69) is 20.9 Å². The molecule has 2 aromatic rings. The molecule has 6 heteroatoms. The van der Waals surface area contributed by atoms with Gasteiger partial charge in [0, 0.05) is 23.2 Å². The Morgan fingerprint density at radius 1 is 1.24 bits per heavy atom. The molecule has 0 atom stereocenters. The largest absolute Gasteiger partial charge is 0.332 e. The van der Waals surface area contributed by atoms with Crippen molar-refractivity contribution in [1.29, 1.82) is 0 Å². The monoisotopic (exact) mass is 304 g/mol. The summed E-state index contributed by atoms with van der Waals surface area (Å²) in [6.45, 7) is 2.82. The highest BCUT2D eigenvalue weighted by atomic mass is 32.1. The third-order valence-corrected chi connectivity index (χ3v) is 3.75. The molecule has 3 N–H and O–H groups in total. The van der Waals surface area contributed by atoms with Crippen LogP contribution in [0.1, 0.15) is 18.5 Å². The third kappa shape index (κ3) is 5.17. The summed E-state index contributed by atoms with van der Waals surface area (Å²) in [6.07, 6.45) is 1.37. The number of benzene rings is 1. The minimum absolute atomic E-state index is 0.0431. The van der Waals surface area contributed by atoms with E-state index in [-0.39, 0.29) is 5.91 Å². The van der Waals surface area contributed by atoms with E-state index >= 15 is 0 Å². The molecule has 0 bridgehead atoms. The summed E-state index contributed by atoms with van der Waals surface area (Å²) < 4.78 is 0. The molecule has 1 amide bonds. The summed E-state index contributed by atoms with van der Waals surface area (Å²) in [5.41, 5.74) is 2.77. The molecule has 0 radical (unpaired) electrons. The molecule has 0 unspecified atom stereocenters. The molecule has 0 saturated heterocycles. The van der Waals surface area contributed by atoms with Gasteiger partial charge in [-0.1, -0.05) is 0 Å². The molecular formula is C15H20N4OS. The van der Waals surface area contributed by atoms with E-state index < -0.39 is 0 Å². The van der Waals surface area contributed by atoms with Crippen LogP contribution in [0.15, 0.2) is 29.6 Å². The number of carbonyl (C=O) groups is 1. The second-order valence-corrected chi connectivity index (χ2v) is 5.61. The van der Waals surface area contributed by atoms with Gasteiger partial charge in [-0.2, -0.15) is 0 Å². The number of rotatable bonds is 7. The van der Waals surface area contributed by atoms with Gasteiger partial charge in [0.25, 0.3) is 0 Å². The summed E-state index contributed by atoms with van der Waals surface area (Å²) >= 11 is 1.57. The summed E-state index contributed by atoms with van der Waals surface area (Å²) in [7, 11) is 1.88. The average molecular weight is 304 g/mol. The quantitative estimate of drug-likeness (QED) is 0.688. The Kier molecular flexibility index (Phi) is 5.71. The van der Waals surface area contributed by atoms with E-state index in [1.807, 2.05) is 43.6 Å². The van der Waals surface area contributed by atoms with Gasteiger partial charge >= 0.3 is 0 Å². The lowest BCUT2D eigenvalue weighted by molar-refractivity contribution is -0.116. The summed E-state index contributed by atoms with van der Waals surface area (Å²) in [4.78, 5) is 16.1. The maximum absolute atomic E-state index is 11.7. The van der Waals surface area contributed by atoms with Crippen LogP contribution in [-0.2, 0) is 4.79 Å². The molecule has 1 heterocycles. The number of thiazole rings is 1. The second-order valence-electron chi connectivity index (χ2n) is 4.75. The van der Waals surface area contributed by atoms with Crippen molar-refractivity contribution < 1.29 is 4.79 Å². The first-order valence-electron chi connectivity index (χ1n) is 6.91. The lowest BCUT2D eigenvalue weighted by atomic mass is 10.2. The van der Waals surface area contributed by atoms with E-state index in [9.17, 15) is 4.79 Å². The molecule has 0 aliphatic rings. The highest BCUT2D eigenvalue weighted by Crippen LogP contribution is 2.21. The zero-order valence-electron chi connectivity index (χ0n) is 12.3. The number of carbonyl (C=O) groups excluding carboxylic acids is 1. The van der Waals surface area contributed by atoms with Gasteiger partial charge in [-0.25, -0.2) is 4.98 Å². The van der Waals surface area contributed by atoms with Gasteiger partial charge in [-0.15, -0.1) is 11.3 Å². The number of aryl methyl sites for hydroxylation is 1. The molecule has 1 aromatic carbocycles. The van der Waals surface area contributed by atoms with Crippen LogP contribution in [0.25, 0.3) is 0 Å². The summed E-state index contributed by atoms with van der Waals surface area (Å²) in [6, 6.07) is 7.64. The number of anilines is 3. The molecular weight excluding hydrogens is 284 g/mol. The van der Waals surface area contributed by atoms with Gasteiger partial charge in [0.05, 0.1) is 5.69 Å². The van der Waals surface area contributed by atoms with E-state index in [1.165, 1.54) is 0 Å². The molecule has 0 aliphatic carbocycles. The van der Waals surface area contributed by atoms with Gasteiger partial charge in [-0.05, 0) is 51.2 Å². The SMILES string of the molecule is CNCCCC(=O)Nc1ccc(Nc2nc(C)cs2)cc1. The van der Waals surface area contributed by atoms with Crippen molar-refractivity contribution >= 4 is 33.8 Å². The van der Waals surface area contributed by atoms with Crippen LogP contribution < -0.4 is 16.0 Å². The Morgan fingerprint density at radius 2 is 1.95 bits per heavy atom.